The summed E-state index contributed by atoms with van der Waals surface area (Å²) in [6.45, 7) is 6.40. The number of ether oxygens (including phenoxy) is 1. The average Bonchev–Trinajstić information content (AvgIpc) is 2.83. The largest absolute Gasteiger partial charge is 0.507 e. The predicted octanol–water partition coefficient (Wildman–Crippen LogP) is 4.02. The number of halogens is 1. The molecule has 1 aromatic carbocycles. The molecule has 0 unspecified atom stereocenters. The number of aromatic nitrogens is 1. The summed E-state index contributed by atoms with van der Waals surface area (Å²) in [6.07, 6.45) is 0.973. The molecule has 6 heteroatoms. The zero-order valence-corrected chi connectivity index (χ0v) is 15.5. The minimum atomic E-state index is -0.732. The zero-order chi connectivity index (χ0) is 17.9. The second kappa shape index (κ2) is 7.66. The second-order valence-electron chi connectivity index (χ2n) is 5.60. The average molecular weight is 394 g/mol. The Labute approximate surface area is 149 Å². The fraction of sp³-hybridized carbons (Fsp3) is 0.333. The Morgan fingerprint density at radius 1 is 1.21 bits per heavy atom. The molecule has 0 fully saturated rings. The molecule has 0 amide bonds. The predicted molar refractivity (Wildman–Crippen MR) is 94.6 cm³/mol. The molecule has 1 heterocycles. The first-order valence-electron chi connectivity index (χ1n) is 7.70. The number of ketones is 1. The fourth-order valence-electron chi connectivity index (χ4n) is 2.61. The molecule has 2 aromatic rings. The van der Waals surface area contributed by atoms with E-state index in [0.29, 0.717) is 10.0 Å². The summed E-state index contributed by atoms with van der Waals surface area (Å²) in [5.41, 5.74) is 2.47. The van der Waals surface area contributed by atoms with Crippen LogP contribution in [0.25, 0.3) is 0 Å². The van der Waals surface area contributed by atoms with Gasteiger partial charge in [-0.1, -0.05) is 22.9 Å². The summed E-state index contributed by atoms with van der Waals surface area (Å²) >= 11 is 3.23. The maximum absolute atomic E-state index is 12.4. The Morgan fingerprint density at radius 2 is 1.92 bits per heavy atom. The van der Waals surface area contributed by atoms with Gasteiger partial charge in [0.25, 0.3) is 0 Å². The fourth-order valence-corrected chi connectivity index (χ4v) is 2.97. The van der Waals surface area contributed by atoms with E-state index in [4.69, 9.17) is 4.74 Å². The van der Waals surface area contributed by atoms with Crippen LogP contribution >= 0.6 is 15.9 Å². The highest BCUT2D eigenvalue weighted by Gasteiger charge is 2.19. The number of phenolic OH excluding ortho intramolecular Hbond substituents is 1. The van der Waals surface area contributed by atoms with Crippen molar-refractivity contribution in [3.05, 3.63) is 51.3 Å². The third kappa shape index (κ3) is 3.87. The first-order valence-corrected chi connectivity index (χ1v) is 8.50. The van der Waals surface area contributed by atoms with E-state index in [1.54, 1.807) is 6.07 Å². The molecule has 24 heavy (non-hydrogen) atoms. The molecule has 0 aliphatic rings. The summed E-state index contributed by atoms with van der Waals surface area (Å²) in [5.74, 6) is -1.17. The van der Waals surface area contributed by atoms with Gasteiger partial charge < -0.3 is 14.4 Å². The number of aromatic hydroxyl groups is 1. The molecule has 0 aliphatic carbocycles. The van der Waals surface area contributed by atoms with Crippen LogP contribution in [0.3, 0.4) is 0 Å². The molecule has 0 spiro atoms. The molecule has 5 nitrogen and oxygen atoms in total. The smallest absolute Gasteiger partial charge is 0.342 e. The van der Waals surface area contributed by atoms with Crippen molar-refractivity contribution in [2.75, 3.05) is 6.61 Å². The molecular formula is C18H20BrNO4. The van der Waals surface area contributed by atoms with Gasteiger partial charge in [0.15, 0.2) is 6.61 Å². The Kier molecular flexibility index (Phi) is 5.83. The number of phenols is 1. The van der Waals surface area contributed by atoms with Crippen molar-refractivity contribution < 1.29 is 19.4 Å². The van der Waals surface area contributed by atoms with Crippen LogP contribution in [-0.4, -0.2) is 28.0 Å². The number of esters is 1. The Balaban J connectivity index is 2.09. The van der Waals surface area contributed by atoms with Crippen LogP contribution in [-0.2, 0) is 11.3 Å². The third-order valence-electron chi connectivity index (χ3n) is 3.83. The maximum atomic E-state index is 12.4. The van der Waals surface area contributed by atoms with Gasteiger partial charge >= 0.3 is 5.97 Å². The van der Waals surface area contributed by atoms with Crippen LogP contribution in [0, 0.1) is 13.8 Å². The van der Waals surface area contributed by atoms with Crippen molar-refractivity contribution in [3.8, 4) is 5.75 Å². The molecule has 0 saturated carbocycles. The molecule has 0 atom stereocenters. The van der Waals surface area contributed by atoms with Crippen LogP contribution in [0.4, 0.5) is 0 Å². The summed E-state index contributed by atoms with van der Waals surface area (Å²) in [5, 5.41) is 9.72. The summed E-state index contributed by atoms with van der Waals surface area (Å²) in [7, 11) is 0. The lowest BCUT2D eigenvalue weighted by Crippen LogP contribution is -2.15. The molecule has 0 saturated heterocycles. The third-order valence-corrected chi connectivity index (χ3v) is 4.33. The zero-order valence-electron chi connectivity index (χ0n) is 13.9. The molecule has 0 radical (unpaired) electrons. The molecule has 0 bridgehead atoms. The number of hydrogen-bond acceptors (Lipinski definition) is 4. The van der Waals surface area contributed by atoms with Crippen LogP contribution < -0.4 is 0 Å². The van der Waals surface area contributed by atoms with E-state index in [2.05, 4.69) is 27.4 Å². The lowest BCUT2D eigenvalue weighted by atomic mass is 10.1. The first-order chi connectivity index (χ1) is 11.3. The van der Waals surface area contributed by atoms with Gasteiger partial charge in [-0.2, -0.15) is 0 Å². The molecular weight excluding hydrogens is 374 g/mol. The van der Waals surface area contributed by atoms with E-state index >= 15 is 0 Å². The van der Waals surface area contributed by atoms with E-state index in [9.17, 15) is 14.7 Å². The lowest BCUT2D eigenvalue weighted by molar-refractivity contribution is 0.0471. The SMILES string of the molecule is CCCn1c(C)cc(C(=O)COC(=O)c2cc(Br)ccc2O)c1C. The van der Waals surface area contributed by atoms with Gasteiger partial charge in [-0.15, -0.1) is 0 Å². The highest BCUT2D eigenvalue weighted by atomic mass is 79.9. The lowest BCUT2D eigenvalue weighted by Gasteiger charge is -2.08. The minimum absolute atomic E-state index is 0.0219. The molecule has 0 aliphatic heterocycles. The Bertz CT molecular complexity index is 780. The second-order valence-corrected chi connectivity index (χ2v) is 6.51. The Morgan fingerprint density at radius 3 is 2.58 bits per heavy atom. The van der Waals surface area contributed by atoms with Gasteiger partial charge in [0.05, 0.1) is 0 Å². The molecule has 128 valence electrons. The van der Waals surface area contributed by atoms with E-state index in [1.807, 2.05) is 19.9 Å². The molecule has 1 aromatic heterocycles. The van der Waals surface area contributed by atoms with Crippen LogP contribution in [0.15, 0.2) is 28.7 Å². The highest BCUT2D eigenvalue weighted by molar-refractivity contribution is 9.10. The molecule has 2 rings (SSSR count). The Hall–Kier alpha value is -2.08. The molecule has 1 N–H and O–H groups in total. The minimum Gasteiger partial charge on any atom is -0.507 e. The van der Waals surface area contributed by atoms with Crippen molar-refractivity contribution >= 4 is 27.7 Å². The highest BCUT2D eigenvalue weighted by Crippen LogP contribution is 2.23. The monoisotopic (exact) mass is 393 g/mol. The number of hydrogen-bond donors (Lipinski definition) is 1. The van der Waals surface area contributed by atoms with Gasteiger partial charge in [-0.3, -0.25) is 4.79 Å². The summed E-state index contributed by atoms with van der Waals surface area (Å²) in [6, 6.07) is 6.27. The first kappa shape index (κ1) is 18.3. The van der Waals surface area contributed by atoms with E-state index in [1.165, 1.54) is 12.1 Å². The van der Waals surface area contributed by atoms with E-state index in [-0.39, 0.29) is 23.7 Å². The van der Waals surface area contributed by atoms with Crippen molar-refractivity contribution in [2.45, 2.75) is 33.7 Å². The standard InChI is InChI=1S/C18H20BrNO4/c1-4-7-20-11(2)8-14(12(20)3)17(22)10-24-18(23)15-9-13(19)5-6-16(15)21/h5-6,8-9,21H,4,7,10H2,1-3H3. The van der Waals surface area contributed by atoms with Crippen molar-refractivity contribution in [3.63, 3.8) is 0 Å². The topological polar surface area (TPSA) is 68.5 Å². The van der Waals surface area contributed by atoms with Gasteiger partial charge in [0.2, 0.25) is 5.78 Å². The normalized spacial score (nSPS) is 10.7. The number of rotatable bonds is 6. The number of nitrogens with zero attached hydrogens (tertiary/aromatic N) is 1. The number of benzene rings is 1. The van der Waals surface area contributed by atoms with Crippen LogP contribution in [0.5, 0.6) is 5.75 Å². The van der Waals surface area contributed by atoms with Gasteiger partial charge in [0, 0.05) is 28.0 Å². The van der Waals surface area contributed by atoms with Gasteiger partial charge in [0.1, 0.15) is 11.3 Å². The summed E-state index contributed by atoms with van der Waals surface area (Å²) in [4.78, 5) is 24.4. The van der Waals surface area contributed by atoms with Crippen molar-refractivity contribution in [1.29, 1.82) is 0 Å². The number of carbonyl (C=O) groups excluding carboxylic acids is 2. The van der Waals surface area contributed by atoms with Gasteiger partial charge in [-0.25, -0.2) is 4.79 Å². The van der Waals surface area contributed by atoms with Gasteiger partial charge in [-0.05, 0) is 44.5 Å². The number of Topliss-reactive ketones (excluding diaryl/α,β-unsaturated/α-hetero) is 1. The van der Waals surface area contributed by atoms with Crippen molar-refractivity contribution in [2.24, 2.45) is 0 Å². The van der Waals surface area contributed by atoms with Crippen LogP contribution in [0.1, 0.15) is 45.4 Å². The quantitative estimate of drug-likeness (QED) is 0.594. The summed E-state index contributed by atoms with van der Waals surface area (Å²) < 4.78 is 7.78. The van der Waals surface area contributed by atoms with Crippen LogP contribution in [0.2, 0.25) is 0 Å². The van der Waals surface area contributed by atoms with E-state index in [0.717, 1.165) is 24.4 Å². The van der Waals surface area contributed by atoms with Crippen molar-refractivity contribution in [1.82, 2.24) is 4.57 Å². The number of aryl methyl sites for hydroxylation is 1. The number of carbonyl (C=O) groups is 2. The maximum Gasteiger partial charge on any atom is 0.342 e. The van der Waals surface area contributed by atoms with E-state index < -0.39 is 5.97 Å².